The smallest absolute Gasteiger partial charge is 0.244 e. The van der Waals surface area contributed by atoms with E-state index in [1.807, 2.05) is 14.1 Å². The molecule has 1 amide bonds. The van der Waals surface area contributed by atoms with Gasteiger partial charge in [-0.15, -0.1) is 0 Å². The third-order valence-corrected chi connectivity index (χ3v) is 4.36. The molecule has 2 rings (SSSR count). The summed E-state index contributed by atoms with van der Waals surface area (Å²) in [6.45, 7) is 9.29. The first kappa shape index (κ1) is 17.0. The average Bonchev–Trinajstić information content (AvgIpc) is 2.48. The van der Waals surface area contributed by atoms with Crippen molar-refractivity contribution in [1.29, 1.82) is 0 Å². The summed E-state index contributed by atoms with van der Waals surface area (Å²) in [5.41, 5.74) is 2.41. The van der Waals surface area contributed by atoms with Crippen LogP contribution in [0, 0.1) is 0 Å². The molecule has 0 radical (unpaired) electrons. The Hall–Kier alpha value is -1.39. The number of amides is 1. The molecule has 1 aliphatic rings. The minimum atomic E-state index is -0.180. The van der Waals surface area contributed by atoms with Crippen molar-refractivity contribution in [2.45, 2.75) is 38.8 Å². The van der Waals surface area contributed by atoms with Crippen LogP contribution < -0.4 is 5.32 Å². The summed E-state index contributed by atoms with van der Waals surface area (Å²) in [4.78, 5) is 16.7. The molecule has 22 heavy (non-hydrogen) atoms. The van der Waals surface area contributed by atoms with Gasteiger partial charge in [0.2, 0.25) is 5.91 Å². The van der Waals surface area contributed by atoms with Crippen molar-refractivity contribution in [3.8, 4) is 0 Å². The Morgan fingerprint density at radius 2 is 1.82 bits per heavy atom. The SMILES string of the molecule is CC1CN(C(C(=O)N(C)C)c2ccc(C(C)C)cc2)CCN1. The molecule has 0 spiro atoms. The van der Waals surface area contributed by atoms with Crippen LogP contribution in [0.2, 0.25) is 0 Å². The molecule has 4 heteroatoms. The fraction of sp³-hybridized carbons (Fsp3) is 0.611. The highest BCUT2D eigenvalue weighted by Crippen LogP contribution is 2.26. The molecule has 0 aliphatic carbocycles. The maximum Gasteiger partial charge on any atom is 0.244 e. The number of nitrogens with one attached hydrogen (secondary N) is 1. The van der Waals surface area contributed by atoms with Gasteiger partial charge in [0, 0.05) is 39.8 Å². The lowest BCUT2D eigenvalue weighted by Gasteiger charge is -2.38. The Morgan fingerprint density at radius 1 is 1.23 bits per heavy atom. The molecule has 1 heterocycles. The predicted octanol–water partition coefficient (Wildman–Crippen LogP) is 2.23. The van der Waals surface area contributed by atoms with E-state index in [2.05, 4.69) is 55.3 Å². The summed E-state index contributed by atoms with van der Waals surface area (Å²) < 4.78 is 0. The van der Waals surface area contributed by atoms with Gasteiger partial charge < -0.3 is 10.2 Å². The quantitative estimate of drug-likeness (QED) is 0.926. The lowest BCUT2D eigenvalue weighted by molar-refractivity contribution is -0.135. The third-order valence-electron chi connectivity index (χ3n) is 4.36. The van der Waals surface area contributed by atoms with Gasteiger partial charge >= 0.3 is 0 Å². The number of nitrogens with zero attached hydrogens (tertiary/aromatic N) is 2. The van der Waals surface area contributed by atoms with E-state index in [9.17, 15) is 4.79 Å². The van der Waals surface area contributed by atoms with E-state index in [0.29, 0.717) is 12.0 Å². The Bertz CT molecular complexity index is 496. The van der Waals surface area contributed by atoms with Crippen LogP contribution in [0.5, 0.6) is 0 Å². The number of benzene rings is 1. The van der Waals surface area contributed by atoms with Gasteiger partial charge in [-0.05, 0) is 24.0 Å². The molecule has 0 aromatic heterocycles. The molecule has 1 aliphatic heterocycles. The van der Waals surface area contributed by atoms with Gasteiger partial charge in [0.15, 0.2) is 0 Å². The van der Waals surface area contributed by atoms with Gasteiger partial charge in [0.25, 0.3) is 0 Å². The summed E-state index contributed by atoms with van der Waals surface area (Å²) in [5, 5.41) is 3.44. The molecule has 2 atom stereocenters. The van der Waals surface area contributed by atoms with Crippen LogP contribution in [0.15, 0.2) is 24.3 Å². The molecule has 1 saturated heterocycles. The zero-order chi connectivity index (χ0) is 16.3. The van der Waals surface area contributed by atoms with Gasteiger partial charge in [-0.25, -0.2) is 0 Å². The van der Waals surface area contributed by atoms with Crippen molar-refractivity contribution in [2.24, 2.45) is 0 Å². The largest absolute Gasteiger partial charge is 0.347 e. The monoisotopic (exact) mass is 303 g/mol. The Kier molecular flexibility index (Phi) is 5.59. The first-order valence-electron chi connectivity index (χ1n) is 8.18. The van der Waals surface area contributed by atoms with E-state index in [1.165, 1.54) is 5.56 Å². The normalized spacial score (nSPS) is 20.9. The van der Waals surface area contributed by atoms with Crippen molar-refractivity contribution in [2.75, 3.05) is 33.7 Å². The zero-order valence-corrected chi connectivity index (χ0v) is 14.5. The number of likely N-dealkylation sites (N-methyl/N-ethyl adjacent to an activating group) is 1. The lowest BCUT2D eigenvalue weighted by Crippen LogP contribution is -2.53. The maximum absolute atomic E-state index is 12.7. The van der Waals surface area contributed by atoms with Gasteiger partial charge in [-0.1, -0.05) is 38.1 Å². The molecule has 122 valence electrons. The van der Waals surface area contributed by atoms with Crippen molar-refractivity contribution in [3.63, 3.8) is 0 Å². The molecule has 1 aromatic rings. The van der Waals surface area contributed by atoms with Crippen LogP contribution in [0.3, 0.4) is 0 Å². The molecule has 0 bridgehead atoms. The number of carbonyl (C=O) groups excluding carboxylic acids is 1. The van der Waals surface area contributed by atoms with Crippen molar-refractivity contribution in [3.05, 3.63) is 35.4 Å². The Labute approximate surface area is 134 Å². The second kappa shape index (κ2) is 7.25. The van der Waals surface area contributed by atoms with Crippen LogP contribution in [-0.2, 0) is 4.79 Å². The summed E-state index contributed by atoms with van der Waals surface area (Å²) in [5.74, 6) is 0.669. The average molecular weight is 303 g/mol. The van der Waals surface area contributed by atoms with Crippen molar-refractivity contribution < 1.29 is 4.79 Å². The number of rotatable bonds is 4. The molecule has 1 N–H and O–H groups in total. The lowest BCUT2D eigenvalue weighted by atomic mass is 9.97. The van der Waals surface area contributed by atoms with Crippen LogP contribution in [0.1, 0.15) is 43.9 Å². The Morgan fingerprint density at radius 3 is 2.32 bits per heavy atom. The van der Waals surface area contributed by atoms with E-state index in [4.69, 9.17) is 0 Å². The number of hydrogen-bond acceptors (Lipinski definition) is 3. The third kappa shape index (κ3) is 3.87. The molecule has 2 unspecified atom stereocenters. The molecule has 4 nitrogen and oxygen atoms in total. The van der Waals surface area contributed by atoms with E-state index >= 15 is 0 Å². The van der Waals surface area contributed by atoms with Gasteiger partial charge in [-0.2, -0.15) is 0 Å². The second-order valence-electron chi connectivity index (χ2n) is 6.81. The molecular weight excluding hydrogens is 274 g/mol. The van der Waals surface area contributed by atoms with Gasteiger partial charge in [0.1, 0.15) is 6.04 Å². The minimum absolute atomic E-state index is 0.159. The van der Waals surface area contributed by atoms with Gasteiger partial charge in [-0.3, -0.25) is 9.69 Å². The summed E-state index contributed by atoms with van der Waals surface area (Å²) >= 11 is 0. The van der Waals surface area contributed by atoms with Crippen molar-refractivity contribution >= 4 is 5.91 Å². The van der Waals surface area contributed by atoms with Crippen LogP contribution in [0.25, 0.3) is 0 Å². The fourth-order valence-electron chi connectivity index (χ4n) is 3.01. The molecule has 1 fully saturated rings. The van der Waals surface area contributed by atoms with E-state index < -0.39 is 0 Å². The second-order valence-corrected chi connectivity index (χ2v) is 6.81. The number of hydrogen-bond donors (Lipinski definition) is 1. The summed E-state index contributed by atoms with van der Waals surface area (Å²) in [7, 11) is 3.67. The topological polar surface area (TPSA) is 35.6 Å². The zero-order valence-electron chi connectivity index (χ0n) is 14.5. The highest BCUT2D eigenvalue weighted by Gasteiger charge is 2.31. The van der Waals surface area contributed by atoms with E-state index in [0.717, 1.165) is 25.2 Å². The van der Waals surface area contributed by atoms with Crippen LogP contribution in [0.4, 0.5) is 0 Å². The minimum Gasteiger partial charge on any atom is -0.347 e. The summed E-state index contributed by atoms with van der Waals surface area (Å²) in [6.07, 6.45) is 0. The fourth-order valence-corrected chi connectivity index (χ4v) is 3.01. The predicted molar refractivity (Wildman–Crippen MR) is 91.0 cm³/mol. The number of piperazine rings is 1. The highest BCUT2D eigenvalue weighted by atomic mass is 16.2. The first-order valence-corrected chi connectivity index (χ1v) is 8.18. The first-order chi connectivity index (χ1) is 10.4. The highest BCUT2D eigenvalue weighted by molar-refractivity contribution is 5.83. The number of carbonyl (C=O) groups is 1. The molecular formula is C18H29N3O. The summed E-state index contributed by atoms with van der Waals surface area (Å²) in [6, 6.07) is 8.78. The van der Waals surface area contributed by atoms with Gasteiger partial charge in [0.05, 0.1) is 0 Å². The molecule has 1 aromatic carbocycles. The van der Waals surface area contributed by atoms with E-state index in [1.54, 1.807) is 4.90 Å². The standard InChI is InChI=1S/C18H29N3O/c1-13(2)15-6-8-16(9-7-15)17(18(22)20(4)5)21-11-10-19-14(3)12-21/h6-9,13-14,17,19H,10-12H2,1-5H3. The van der Waals surface area contributed by atoms with Crippen LogP contribution in [-0.4, -0.2) is 55.5 Å². The van der Waals surface area contributed by atoms with E-state index in [-0.39, 0.29) is 11.9 Å². The maximum atomic E-state index is 12.7. The molecule has 0 saturated carbocycles. The van der Waals surface area contributed by atoms with Crippen molar-refractivity contribution in [1.82, 2.24) is 15.1 Å². The Balaban J connectivity index is 2.29. The van der Waals surface area contributed by atoms with Crippen LogP contribution >= 0.6 is 0 Å².